The second-order valence-electron chi connectivity index (χ2n) is 2.50. The maximum Gasteiger partial charge on any atom is 0.333 e. The number of para-hydroxylation sites is 1. The van der Waals surface area contributed by atoms with Crippen molar-refractivity contribution in [3.63, 3.8) is 0 Å². The van der Waals surface area contributed by atoms with Gasteiger partial charge in [-0.3, -0.25) is 4.18 Å². The van der Waals surface area contributed by atoms with E-state index in [-0.39, 0.29) is 12.4 Å². The number of nitrogens with two attached hydrogens (primary N) is 1. The van der Waals surface area contributed by atoms with Gasteiger partial charge < -0.3 is 5.11 Å². The quantitative estimate of drug-likeness (QED) is 0.861. The molecule has 0 atom stereocenters. The van der Waals surface area contributed by atoms with Crippen LogP contribution in [0.1, 0.15) is 5.56 Å². The van der Waals surface area contributed by atoms with E-state index in [9.17, 15) is 13.5 Å². The molecule has 78 valence electrons. The summed E-state index contributed by atoms with van der Waals surface area (Å²) < 4.78 is 25.7. The summed E-state index contributed by atoms with van der Waals surface area (Å²) in [7, 11) is -3.98. The number of halogens is 1. The molecule has 0 fully saturated rings. The van der Waals surface area contributed by atoms with E-state index < -0.39 is 10.3 Å². The Morgan fingerprint density at radius 3 is 2.71 bits per heavy atom. The fraction of sp³-hybridized carbons (Fsp3) is 0.143. The molecule has 14 heavy (non-hydrogen) atoms. The van der Waals surface area contributed by atoms with Crippen molar-refractivity contribution in [1.29, 1.82) is 0 Å². The molecular weight excluding hydrogens is 274 g/mol. The summed E-state index contributed by atoms with van der Waals surface area (Å²) in [4.78, 5) is 0. The molecule has 0 radical (unpaired) electrons. The molecule has 0 spiro atoms. The normalized spacial score (nSPS) is 11.6. The first-order valence-electron chi connectivity index (χ1n) is 3.53. The Bertz CT molecular complexity index is 431. The Morgan fingerprint density at radius 2 is 2.14 bits per heavy atom. The van der Waals surface area contributed by atoms with E-state index in [1.165, 1.54) is 6.07 Å². The fourth-order valence-corrected chi connectivity index (χ4v) is 1.52. The van der Waals surface area contributed by atoms with Crippen molar-refractivity contribution in [3.05, 3.63) is 28.2 Å². The van der Waals surface area contributed by atoms with Gasteiger partial charge in [-0.2, -0.15) is 8.42 Å². The molecule has 3 N–H and O–H groups in total. The molecule has 0 aliphatic rings. The third-order valence-corrected chi connectivity index (χ3v) is 2.54. The van der Waals surface area contributed by atoms with Gasteiger partial charge in [0, 0.05) is 5.56 Å². The minimum absolute atomic E-state index is 0.0591. The van der Waals surface area contributed by atoms with E-state index in [2.05, 4.69) is 25.3 Å². The lowest BCUT2D eigenvalue weighted by atomic mass is 10.2. The smallest absolute Gasteiger partial charge is 0.333 e. The van der Waals surface area contributed by atoms with Gasteiger partial charge in [0.05, 0.1) is 11.1 Å². The number of phenolic OH excluding ortho intramolecular Hbond substituents is 1. The number of phenols is 1. The maximum absolute atomic E-state index is 10.5. The SMILES string of the molecule is NS(=O)(=O)OCc1cccc(Br)c1O. The molecule has 0 aliphatic carbocycles. The topological polar surface area (TPSA) is 89.6 Å². The minimum Gasteiger partial charge on any atom is -0.506 e. The molecule has 0 bridgehead atoms. The molecule has 1 aromatic carbocycles. The average molecular weight is 282 g/mol. The molecule has 0 amide bonds. The van der Waals surface area contributed by atoms with Crippen molar-refractivity contribution < 1.29 is 17.7 Å². The fourth-order valence-electron chi connectivity index (χ4n) is 0.822. The van der Waals surface area contributed by atoms with Crippen LogP contribution in [-0.4, -0.2) is 13.5 Å². The lowest BCUT2D eigenvalue weighted by molar-refractivity contribution is 0.302. The highest BCUT2D eigenvalue weighted by molar-refractivity contribution is 9.10. The first kappa shape index (κ1) is 11.4. The van der Waals surface area contributed by atoms with Gasteiger partial charge in [0.1, 0.15) is 5.75 Å². The van der Waals surface area contributed by atoms with Crippen LogP contribution in [0.25, 0.3) is 0 Å². The first-order valence-corrected chi connectivity index (χ1v) is 5.80. The summed E-state index contributed by atoms with van der Waals surface area (Å²) in [5, 5.41) is 14.1. The lowest BCUT2D eigenvalue weighted by Gasteiger charge is -2.05. The summed E-state index contributed by atoms with van der Waals surface area (Å²) in [6.45, 7) is -0.288. The second-order valence-corrected chi connectivity index (χ2v) is 4.58. The molecule has 5 nitrogen and oxygen atoms in total. The van der Waals surface area contributed by atoms with Crippen LogP contribution in [0.5, 0.6) is 5.75 Å². The molecule has 1 rings (SSSR count). The number of hydrogen-bond donors (Lipinski definition) is 2. The summed E-state index contributed by atoms with van der Waals surface area (Å²) in [5.41, 5.74) is 0.341. The Labute approximate surface area is 89.9 Å². The predicted molar refractivity (Wildman–Crippen MR) is 53.7 cm³/mol. The van der Waals surface area contributed by atoms with E-state index in [4.69, 9.17) is 0 Å². The van der Waals surface area contributed by atoms with Gasteiger partial charge >= 0.3 is 10.3 Å². The lowest BCUT2D eigenvalue weighted by Crippen LogP contribution is -2.15. The van der Waals surface area contributed by atoms with Gasteiger partial charge in [-0.15, -0.1) is 0 Å². The van der Waals surface area contributed by atoms with Gasteiger partial charge in [-0.05, 0) is 22.0 Å². The number of rotatable bonds is 3. The standard InChI is InChI=1S/C7H8BrNO4S/c8-6-3-1-2-5(7(6)10)4-13-14(9,11)12/h1-3,10H,4H2,(H2,9,11,12). The molecule has 0 aliphatic heterocycles. The van der Waals surface area contributed by atoms with Crippen molar-refractivity contribution >= 4 is 26.2 Å². The van der Waals surface area contributed by atoms with Gasteiger partial charge in [0.25, 0.3) is 0 Å². The molecule has 0 heterocycles. The van der Waals surface area contributed by atoms with Gasteiger partial charge in [0.2, 0.25) is 0 Å². The number of benzene rings is 1. The van der Waals surface area contributed by atoms with Crippen molar-refractivity contribution in [3.8, 4) is 5.75 Å². The Morgan fingerprint density at radius 1 is 1.50 bits per heavy atom. The first-order chi connectivity index (χ1) is 6.40. The van der Waals surface area contributed by atoms with Crippen LogP contribution in [0.15, 0.2) is 22.7 Å². The number of aromatic hydroxyl groups is 1. The average Bonchev–Trinajstić information content (AvgIpc) is 2.06. The molecule has 7 heteroatoms. The number of hydrogen-bond acceptors (Lipinski definition) is 4. The van der Waals surface area contributed by atoms with Crippen molar-refractivity contribution in [1.82, 2.24) is 0 Å². The zero-order chi connectivity index (χ0) is 10.8. The van der Waals surface area contributed by atoms with Crippen LogP contribution in [0.4, 0.5) is 0 Å². The van der Waals surface area contributed by atoms with Crippen LogP contribution in [-0.2, 0) is 21.1 Å². The Hall–Kier alpha value is -0.630. The van der Waals surface area contributed by atoms with Gasteiger partial charge in [-0.25, -0.2) is 5.14 Å². The molecule has 0 saturated carbocycles. The van der Waals surface area contributed by atoms with E-state index >= 15 is 0 Å². The van der Waals surface area contributed by atoms with Gasteiger partial charge in [-0.1, -0.05) is 12.1 Å². The van der Waals surface area contributed by atoms with Crippen LogP contribution >= 0.6 is 15.9 Å². The van der Waals surface area contributed by atoms with Crippen molar-refractivity contribution in [2.24, 2.45) is 5.14 Å². The summed E-state index contributed by atoms with van der Waals surface area (Å²) in [5.74, 6) is -0.0591. The van der Waals surface area contributed by atoms with E-state index in [0.717, 1.165) is 0 Å². The summed E-state index contributed by atoms with van der Waals surface area (Å²) in [6, 6.07) is 4.80. The molecular formula is C7H8BrNO4S. The van der Waals surface area contributed by atoms with E-state index in [1.807, 2.05) is 0 Å². The monoisotopic (exact) mass is 281 g/mol. The second kappa shape index (κ2) is 4.26. The Kier molecular flexibility index (Phi) is 3.48. The highest BCUT2D eigenvalue weighted by Gasteiger charge is 2.08. The summed E-state index contributed by atoms with van der Waals surface area (Å²) >= 11 is 3.08. The van der Waals surface area contributed by atoms with Crippen LogP contribution in [0, 0.1) is 0 Å². The van der Waals surface area contributed by atoms with Crippen LogP contribution in [0.3, 0.4) is 0 Å². The zero-order valence-electron chi connectivity index (χ0n) is 6.97. The van der Waals surface area contributed by atoms with Crippen LogP contribution < -0.4 is 5.14 Å². The molecule has 0 aromatic heterocycles. The van der Waals surface area contributed by atoms with E-state index in [0.29, 0.717) is 10.0 Å². The largest absolute Gasteiger partial charge is 0.506 e. The summed E-state index contributed by atoms with van der Waals surface area (Å²) in [6.07, 6.45) is 0. The highest BCUT2D eigenvalue weighted by Crippen LogP contribution is 2.27. The molecule has 0 saturated heterocycles. The molecule has 1 aromatic rings. The van der Waals surface area contributed by atoms with Crippen LogP contribution in [0.2, 0.25) is 0 Å². The molecule has 0 unspecified atom stereocenters. The van der Waals surface area contributed by atoms with Crippen molar-refractivity contribution in [2.45, 2.75) is 6.61 Å². The highest BCUT2D eigenvalue weighted by atomic mass is 79.9. The van der Waals surface area contributed by atoms with Gasteiger partial charge in [0.15, 0.2) is 0 Å². The predicted octanol–water partition coefficient (Wildman–Crippen LogP) is 0.875. The maximum atomic E-state index is 10.5. The minimum atomic E-state index is -3.98. The zero-order valence-corrected chi connectivity index (χ0v) is 9.38. The third-order valence-electron chi connectivity index (χ3n) is 1.45. The Balaban J connectivity index is 2.83. The third kappa shape index (κ3) is 3.26. The van der Waals surface area contributed by atoms with Crippen molar-refractivity contribution in [2.75, 3.05) is 0 Å². The van der Waals surface area contributed by atoms with E-state index in [1.54, 1.807) is 12.1 Å².